The van der Waals surface area contributed by atoms with Crippen molar-refractivity contribution in [3.8, 4) is 0 Å². The Labute approximate surface area is 123 Å². The molecule has 0 bridgehead atoms. The second-order valence-electron chi connectivity index (χ2n) is 3.57. The van der Waals surface area contributed by atoms with Gasteiger partial charge in [-0.1, -0.05) is 40.8 Å². The van der Waals surface area contributed by atoms with Gasteiger partial charge >= 0.3 is 0 Å². The van der Waals surface area contributed by atoms with Crippen molar-refractivity contribution in [2.45, 2.75) is 19.6 Å². The summed E-state index contributed by atoms with van der Waals surface area (Å²) in [7, 11) is 0.455. The van der Waals surface area contributed by atoms with Crippen molar-refractivity contribution in [2.75, 3.05) is 6.26 Å². The third-order valence-electron chi connectivity index (χ3n) is 2.32. The zero-order valence-electron chi connectivity index (χ0n) is 9.70. The molecule has 0 heterocycles. The summed E-state index contributed by atoms with van der Waals surface area (Å²) >= 11 is 5.93. The predicted molar refractivity (Wildman–Crippen MR) is 84.2 cm³/mol. The molecule has 1 nitrogen and oxygen atoms in total. The Morgan fingerprint density at radius 1 is 1.06 bits per heavy atom. The van der Waals surface area contributed by atoms with E-state index in [1.54, 1.807) is 18.0 Å². The van der Waals surface area contributed by atoms with Gasteiger partial charge in [-0.25, -0.2) is 0 Å². The van der Waals surface area contributed by atoms with Crippen molar-refractivity contribution in [3.05, 3.63) is 48.5 Å². The molecule has 1 atom stereocenters. The van der Waals surface area contributed by atoms with E-state index in [0.717, 1.165) is 14.7 Å². The highest BCUT2D eigenvalue weighted by atomic mass is 33.1. The Morgan fingerprint density at radius 3 is 2.39 bits per heavy atom. The van der Waals surface area contributed by atoms with Gasteiger partial charge in [0, 0.05) is 36.6 Å². The minimum atomic E-state index is -0.955. The first-order chi connectivity index (χ1) is 8.70. The van der Waals surface area contributed by atoms with Crippen molar-refractivity contribution in [1.29, 1.82) is 0 Å². The number of rotatable bonds is 4. The van der Waals surface area contributed by atoms with Crippen LogP contribution in [0.15, 0.2) is 68.1 Å². The third kappa shape index (κ3) is 3.57. The molecule has 0 aliphatic heterocycles. The smallest absolute Gasteiger partial charge is 0.0498 e. The minimum Gasteiger partial charge on any atom is -0.255 e. The zero-order chi connectivity index (χ0) is 13.0. The van der Waals surface area contributed by atoms with E-state index in [2.05, 4.69) is 23.8 Å². The zero-order valence-corrected chi connectivity index (χ0v) is 13.0. The van der Waals surface area contributed by atoms with Crippen LogP contribution in [0.3, 0.4) is 0 Å². The average molecular weight is 313 g/mol. The van der Waals surface area contributed by atoms with Gasteiger partial charge in [0.25, 0.3) is 0 Å². The number of hydrogen-bond donors (Lipinski definition) is 1. The van der Waals surface area contributed by atoms with E-state index in [0.29, 0.717) is 0 Å². The fraction of sp³-hybridized carbons (Fsp3) is 0.0769. The van der Waals surface area contributed by atoms with E-state index in [1.807, 2.05) is 36.4 Å². The molecule has 2 aromatic carbocycles. The fourth-order valence-corrected chi connectivity index (χ4v) is 4.15. The van der Waals surface area contributed by atoms with Crippen LogP contribution in [0, 0.1) is 0 Å². The van der Waals surface area contributed by atoms with E-state index in [4.69, 9.17) is 0 Å². The highest BCUT2D eigenvalue weighted by molar-refractivity contribution is 8.68. The van der Waals surface area contributed by atoms with Crippen molar-refractivity contribution in [1.82, 2.24) is 0 Å². The Balaban J connectivity index is 2.35. The standard InChI is InChI=1S/C13H12OS4/c1-18(14)11-7-8-12(17-15)13(9-11)16-10-5-3-2-4-6-10/h2-9,15H,1H3. The summed E-state index contributed by atoms with van der Waals surface area (Å²) in [6, 6.07) is 16.0. The molecule has 18 heavy (non-hydrogen) atoms. The number of hydrogen-bond acceptors (Lipinski definition) is 4. The molecular weight excluding hydrogens is 300 g/mol. The lowest BCUT2D eigenvalue weighted by Gasteiger charge is -2.08. The molecule has 94 valence electrons. The van der Waals surface area contributed by atoms with E-state index < -0.39 is 10.8 Å². The second kappa shape index (κ2) is 6.70. The summed E-state index contributed by atoms with van der Waals surface area (Å²) in [5.74, 6) is 0. The molecule has 0 N–H and O–H groups in total. The van der Waals surface area contributed by atoms with Gasteiger partial charge in [-0.15, -0.1) is 11.7 Å². The van der Waals surface area contributed by atoms with Crippen LogP contribution >= 0.6 is 34.2 Å². The molecule has 0 aliphatic carbocycles. The number of thiol groups is 1. The Kier molecular flexibility index (Phi) is 5.24. The first-order valence-electron chi connectivity index (χ1n) is 5.22. The second-order valence-corrected chi connectivity index (χ2v) is 7.23. The van der Waals surface area contributed by atoms with Crippen LogP contribution in [0.2, 0.25) is 0 Å². The molecule has 5 heteroatoms. The van der Waals surface area contributed by atoms with Crippen LogP contribution in [0.1, 0.15) is 0 Å². The molecule has 1 unspecified atom stereocenters. The van der Waals surface area contributed by atoms with Gasteiger partial charge in [-0.3, -0.25) is 4.21 Å². The summed E-state index contributed by atoms with van der Waals surface area (Å²) in [5, 5.41) is 0. The molecule has 2 aromatic rings. The fourth-order valence-electron chi connectivity index (χ4n) is 1.44. The maximum absolute atomic E-state index is 11.5. The molecule has 0 saturated heterocycles. The molecule has 0 spiro atoms. The topological polar surface area (TPSA) is 17.1 Å². The van der Waals surface area contributed by atoms with Crippen LogP contribution in [0.25, 0.3) is 0 Å². The van der Waals surface area contributed by atoms with E-state index in [1.165, 1.54) is 15.7 Å². The van der Waals surface area contributed by atoms with Crippen LogP contribution in [0.5, 0.6) is 0 Å². The third-order valence-corrected chi connectivity index (χ3v) is 5.57. The van der Waals surface area contributed by atoms with Crippen molar-refractivity contribution < 1.29 is 4.21 Å². The van der Waals surface area contributed by atoms with Gasteiger partial charge in [0.1, 0.15) is 0 Å². The molecule has 0 radical (unpaired) electrons. The average Bonchev–Trinajstić information content (AvgIpc) is 2.39. The Bertz CT molecular complexity index is 554. The molecule has 2 rings (SSSR count). The van der Waals surface area contributed by atoms with Crippen LogP contribution in [-0.4, -0.2) is 10.5 Å². The SMILES string of the molecule is CS(=O)c1ccc(SS)c(Sc2ccccc2)c1. The summed E-state index contributed by atoms with van der Waals surface area (Å²) < 4.78 is 11.5. The van der Waals surface area contributed by atoms with Crippen LogP contribution < -0.4 is 0 Å². The van der Waals surface area contributed by atoms with Crippen molar-refractivity contribution in [3.63, 3.8) is 0 Å². The highest BCUT2D eigenvalue weighted by Crippen LogP contribution is 2.37. The van der Waals surface area contributed by atoms with Crippen LogP contribution in [0.4, 0.5) is 0 Å². The normalized spacial score (nSPS) is 12.3. The lowest BCUT2D eigenvalue weighted by atomic mass is 10.4. The molecule has 0 aromatic heterocycles. The summed E-state index contributed by atoms with van der Waals surface area (Å²) in [5.41, 5.74) is 0. The first-order valence-corrected chi connectivity index (χ1v) is 9.47. The quantitative estimate of drug-likeness (QED) is 0.661. The largest absolute Gasteiger partial charge is 0.255 e. The van der Waals surface area contributed by atoms with Crippen molar-refractivity contribution >= 4 is 45.0 Å². The van der Waals surface area contributed by atoms with Gasteiger partial charge in [-0.2, -0.15) is 0 Å². The van der Waals surface area contributed by atoms with Gasteiger partial charge < -0.3 is 0 Å². The van der Waals surface area contributed by atoms with Gasteiger partial charge in [0.15, 0.2) is 0 Å². The molecule has 0 amide bonds. The van der Waals surface area contributed by atoms with E-state index in [9.17, 15) is 4.21 Å². The Hall–Kier alpha value is -0.360. The van der Waals surface area contributed by atoms with Gasteiger partial charge in [0.2, 0.25) is 0 Å². The highest BCUT2D eigenvalue weighted by Gasteiger charge is 2.07. The molecule has 0 fully saturated rings. The monoisotopic (exact) mass is 312 g/mol. The summed E-state index contributed by atoms with van der Waals surface area (Å²) in [4.78, 5) is 4.19. The first kappa shape index (κ1) is 14.1. The van der Waals surface area contributed by atoms with Gasteiger partial charge in [0.05, 0.1) is 0 Å². The van der Waals surface area contributed by atoms with E-state index >= 15 is 0 Å². The van der Waals surface area contributed by atoms with Gasteiger partial charge in [-0.05, 0) is 30.3 Å². The Morgan fingerprint density at radius 2 is 1.78 bits per heavy atom. The van der Waals surface area contributed by atoms with E-state index in [-0.39, 0.29) is 0 Å². The molecule has 0 aliphatic rings. The van der Waals surface area contributed by atoms with Crippen molar-refractivity contribution in [2.24, 2.45) is 0 Å². The molecule has 0 saturated carbocycles. The predicted octanol–water partition coefficient (Wildman–Crippen LogP) is 4.51. The summed E-state index contributed by atoms with van der Waals surface area (Å²) in [6.07, 6.45) is 1.69. The summed E-state index contributed by atoms with van der Waals surface area (Å²) in [6.45, 7) is 0. The lowest BCUT2D eigenvalue weighted by Crippen LogP contribution is -1.88. The maximum atomic E-state index is 11.5. The lowest BCUT2D eigenvalue weighted by molar-refractivity contribution is 0.686. The maximum Gasteiger partial charge on any atom is 0.0498 e. The van der Waals surface area contributed by atoms with Crippen LogP contribution in [-0.2, 0) is 10.8 Å². The molecular formula is C13H12OS4. The number of benzene rings is 2. The minimum absolute atomic E-state index is 0.847.